The molecule has 2 amide bonds. The summed E-state index contributed by atoms with van der Waals surface area (Å²) in [6, 6.07) is 15.7. The number of nitrogens with one attached hydrogen (secondary N) is 1. The summed E-state index contributed by atoms with van der Waals surface area (Å²) in [5, 5.41) is 5.49. The molecular formula is C44H47N7O5S. The third kappa shape index (κ3) is 5.60. The van der Waals surface area contributed by atoms with Crippen molar-refractivity contribution in [2.45, 2.75) is 83.0 Å². The van der Waals surface area contributed by atoms with Crippen LogP contribution in [0, 0.1) is 17.3 Å². The molecular weight excluding hydrogens is 739 g/mol. The molecule has 1 aromatic carbocycles. The van der Waals surface area contributed by atoms with E-state index in [2.05, 4.69) is 72.3 Å². The number of nitrogens with zero attached hydrogens (tertiary/aromatic N) is 6. The van der Waals surface area contributed by atoms with Crippen molar-refractivity contribution in [1.82, 2.24) is 34.9 Å². The lowest BCUT2D eigenvalue weighted by Crippen LogP contribution is -2.59. The molecule has 6 bridgehead atoms. The molecule has 2 aliphatic carbocycles. The van der Waals surface area contributed by atoms with Crippen molar-refractivity contribution < 1.29 is 23.9 Å². The van der Waals surface area contributed by atoms with Gasteiger partial charge in [-0.25, -0.2) is 10.4 Å². The Bertz CT molecular complexity index is 2450. The number of methoxy groups -OCH3 is 1. The summed E-state index contributed by atoms with van der Waals surface area (Å²) in [5.41, 5.74) is 9.49. The highest BCUT2D eigenvalue weighted by molar-refractivity contribution is 7.10. The number of hydrazine groups is 1. The van der Waals surface area contributed by atoms with Crippen molar-refractivity contribution >= 4 is 40.0 Å². The van der Waals surface area contributed by atoms with Gasteiger partial charge in [0.05, 0.1) is 41.2 Å². The number of rotatable bonds is 4. The summed E-state index contributed by atoms with van der Waals surface area (Å²) in [7, 11) is 1.73. The minimum Gasteiger partial charge on any atom is -0.464 e. The second kappa shape index (κ2) is 13.3. The lowest BCUT2D eigenvalue weighted by Gasteiger charge is -2.42. The molecule has 7 heterocycles. The van der Waals surface area contributed by atoms with E-state index < -0.39 is 29.1 Å². The fraction of sp³-hybridized carbons (Fsp3) is 0.455. The monoisotopic (exact) mass is 785 g/mol. The molecule has 3 fully saturated rings. The number of hydrogen-bond donors (Lipinski definition) is 1. The van der Waals surface area contributed by atoms with Gasteiger partial charge in [0.1, 0.15) is 17.7 Å². The molecule has 57 heavy (non-hydrogen) atoms. The van der Waals surface area contributed by atoms with Gasteiger partial charge in [-0.1, -0.05) is 32.9 Å². The molecule has 7 atom stereocenters. The minimum atomic E-state index is -1.11. The van der Waals surface area contributed by atoms with Gasteiger partial charge in [-0.3, -0.25) is 29.4 Å². The number of esters is 1. The van der Waals surface area contributed by atoms with Gasteiger partial charge < -0.3 is 18.9 Å². The zero-order chi connectivity index (χ0) is 39.4. The average molecular weight is 786 g/mol. The van der Waals surface area contributed by atoms with Crippen molar-refractivity contribution in [3.05, 3.63) is 88.3 Å². The number of cyclic esters (lactones) is 1. The van der Waals surface area contributed by atoms with Gasteiger partial charge in [-0.05, 0) is 67.6 Å². The first-order valence-corrected chi connectivity index (χ1v) is 21.0. The van der Waals surface area contributed by atoms with Crippen molar-refractivity contribution in [3.8, 4) is 22.5 Å². The first-order chi connectivity index (χ1) is 27.6. The second-order valence-electron chi connectivity index (χ2n) is 17.1. The number of thiazole rings is 1. The maximum Gasteiger partial charge on any atom is 0.324 e. The van der Waals surface area contributed by atoms with E-state index in [0.29, 0.717) is 25.9 Å². The van der Waals surface area contributed by atoms with Crippen LogP contribution in [0.5, 0.6) is 0 Å². The largest absolute Gasteiger partial charge is 0.464 e. The lowest BCUT2D eigenvalue weighted by molar-refractivity contribution is -0.157. The van der Waals surface area contributed by atoms with Crippen LogP contribution < -0.4 is 5.43 Å². The van der Waals surface area contributed by atoms with Gasteiger partial charge in [0.15, 0.2) is 0 Å². The van der Waals surface area contributed by atoms with Crippen LogP contribution >= 0.6 is 11.3 Å². The number of pyridine rings is 2. The number of fused-ring (bicyclic) bond motifs is 8. The summed E-state index contributed by atoms with van der Waals surface area (Å²) in [5.74, 6) is -0.984. The van der Waals surface area contributed by atoms with Crippen LogP contribution in [-0.4, -0.2) is 85.6 Å². The first-order valence-electron chi connectivity index (χ1n) is 20.1. The fourth-order valence-corrected chi connectivity index (χ4v) is 11.1. The molecule has 5 aliphatic rings. The molecule has 0 radical (unpaired) electrons. The topological polar surface area (TPSA) is 132 Å². The Labute approximate surface area is 335 Å². The van der Waals surface area contributed by atoms with E-state index >= 15 is 0 Å². The van der Waals surface area contributed by atoms with Crippen LogP contribution in [0.4, 0.5) is 0 Å². The van der Waals surface area contributed by atoms with Crippen molar-refractivity contribution in [2.75, 3.05) is 26.8 Å². The Hall–Kier alpha value is -4.98. The van der Waals surface area contributed by atoms with Gasteiger partial charge >= 0.3 is 5.97 Å². The van der Waals surface area contributed by atoms with E-state index in [1.807, 2.05) is 30.5 Å². The summed E-state index contributed by atoms with van der Waals surface area (Å²) in [4.78, 5) is 59.4. The van der Waals surface area contributed by atoms with Crippen LogP contribution in [0.3, 0.4) is 0 Å². The molecule has 3 aliphatic heterocycles. The van der Waals surface area contributed by atoms with Crippen LogP contribution in [0.15, 0.2) is 66.3 Å². The molecule has 1 spiro atoms. The standard InChI is InChI=1S/C44H47N7O5S/c1-6-49-31-15-14-25-19-27(31)35-36(39(55-5)37-26(38(35)49)11-9-17-46-37)43(3,4)23-56-41(53)29-13-10-18-51(48-29)42(54)44(20-32-47-30(25)21-57-32)22-50(44)40(52)34-24(2)33(34)28-12-7-8-16-45-28/h7-9,11-12,14-17,19,21,24,29,33-34,36,39,48H,6,10,13,18,20,22-23H2,1-5H3/t24-,29-,33-,34+,36?,39-,44?,50?/m0/s1. The normalized spacial score (nSPS) is 28.9. The Morgan fingerprint density at radius 3 is 2.74 bits per heavy atom. The number of ether oxygens (including phenoxy) is 2. The number of hydrogen-bond acceptors (Lipinski definition) is 10. The number of benzene rings is 1. The van der Waals surface area contributed by atoms with Gasteiger partial charge in [0.25, 0.3) is 5.91 Å². The maximum atomic E-state index is 14.8. The molecule has 1 saturated carbocycles. The second-order valence-corrected chi connectivity index (χ2v) is 18.1. The number of aryl methyl sites for hydroxylation is 1. The molecule has 1 N–H and O–H groups in total. The van der Waals surface area contributed by atoms with Crippen LogP contribution in [-0.2, 0) is 36.8 Å². The van der Waals surface area contributed by atoms with E-state index in [0.717, 1.165) is 61.9 Å². The highest BCUT2D eigenvalue weighted by Crippen LogP contribution is 2.58. The van der Waals surface area contributed by atoms with Crippen LogP contribution in [0.1, 0.15) is 80.4 Å². The first kappa shape index (κ1) is 36.4. The summed E-state index contributed by atoms with van der Waals surface area (Å²) < 4.78 is 14.9. The van der Waals surface area contributed by atoms with E-state index in [1.165, 1.54) is 11.3 Å². The average Bonchev–Trinajstić information content (AvgIpc) is 4.01. The molecule has 294 valence electrons. The Morgan fingerprint density at radius 2 is 1.95 bits per heavy atom. The quantitative estimate of drug-likeness (QED) is 0.165. The number of carbonyl (C=O) groups is 3. The fourth-order valence-electron chi connectivity index (χ4n) is 10.2. The van der Waals surface area contributed by atoms with Crippen molar-refractivity contribution in [3.63, 3.8) is 0 Å². The van der Waals surface area contributed by atoms with E-state index in [9.17, 15) is 14.4 Å². The zero-order valence-electron chi connectivity index (χ0n) is 32.9. The molecule has 2 saturated heterocycles. The SMILES string of the molecule is CCn1c2c3c4cc(ccc41)-c1csc(n1)CC1(CN1C(=O)[C@@H]1[C@@H](C)[C@H]1c1ccccn1)C(=O)N1CCC[C@H](N1)C(=O)OCC(C)(C)C3[C@H](OC)c1ncccc1-2. The third-order valence-electron chi connectivity index (χ3n) is 13.3. The van der Waals surface area contributed by atoms with E-state index in [-0.39, 0.29) is 48.5 Å². The van der Waals surface area contributed by atoms with Gasteiger partial charge in [0.2, 0.25) is 5.91 Å². The van der Waals surface area contributed by atoms with Crippen LogP contribution in [0.25, 0.3) is 33.4 Å². The Kier molecular flexibility index (Phi) is 8.48. The molecule has 13 heteroatoms. The molecule has 12 nitrogen and oxygen atoms in total. The predicted molar refractivity (Wildman–Crippen MR) is 215 cm³/mol. The summed E-state index contributed by atoms with van der Waals surface area (Å²) >= 11 is 1.51. The van der Waals surface area contributed by atoms with Gasteiger partial charge in [-0.15, -0.1) is 11.3 Å². The van der Waals surface area contributed by atoms with E-state index in [4.69, 9.17) is 19.4 Å². The minimum absolute atomic E-state index is 0.0142. The predicted octanol–water partition coefficient (Wildman–Crippen LogP) is 6.28. The van der Waals surface area contributed by atoms with Gasteiger partial charge in [-0.2, -0.15) is 0 Å². The molecule has 5 aromatic rings. The Morgan fingerprint density at radius 1 is 1.11 bits per heavy atom. The number of aromatic nitrogens is 4. The summed E-state index contributed by atoms with van der Waals surface area (Å²) in [6.07, 6.45) is 4.61. The summed E-state index contributed by atoms with van der Waals surface area (Å²) in [6.45, 7) is 10.1. The lowest BCUT2D eigenvalue weighted by atomic mass is 9.67. The molecule has 10 rings (SSSR count). The van der Waals surface area contributed by atoms with Gasteiger partial charge in [0, 0.05) is 89.4 Å². The maximum absolute atomic E-state index is 14.8. The highest BCUT2D eigenvalue weighted by atomic mass is 32.1. The van der Waals surface area contributed by atoms with Crippen LogP contribution in [0.2, 0.25) is 0 Å². The zero-order valence-corrected chi connectivity index (χ0v) is 33.7. The highest BCUT2D eigenvalue weighted by Gasteiger charge is 2.67. The van der Waals surface area contributed by atoms with E-state index in [1.54, 1.807) is 23.2 Å². The third-order valence-corrected chi connectivity index (χ3v) is 14.1. The smallest absolute Gasteiger partial charge is 0.324 e. The Balaban J connectivity index is 1.09. The van der Waals surface area contributed by atoms with Crippen molar-refractivity contribution in [1.29, 1.82) is 0 Å². The number of amides is 2. The van der Waals surface area contributed by atoms with Crippen molar-refractivity contribution in [2.24, 2.45) is 17.3 Å². The molecule has 2 unspecified atom stereocenters. The number of carbonyl (C=O) groups excluding carboxylic acids is 3. The molecule has 4 aromatic heterocycles.